The molecule has 0 saturated carbocycles. The van der Waals surface area contributed by atoms with Crippen LogP contribution in [0.15, 0.2) is 39.3 Å². The molecule has 3 rings (SSSR count). The molecule has 1 aromatic heterocycles. The van der Waals surface area contributed by atoms with Gasteiger partial charge in [0.2, 0.25) is 11.7 Å². The molecular formula is C14H14BrN3O. The lowest BCUT2D eigenvalue weighted by molar-refractivity contribution is 0.365. The Morgan fingerprint density at radius 3 is 2.89 bits per heavy atom. The molecule has 0 fully saturated rings. The van der Waals surface area contributed by atoms with Gasteiger partial charge in [-0.3, -0.25) is 0 Å². The third kappa shape index (κ3) is 2.48. The largest absolute Gasteiger partial charge is 0.338 e. The van der Waals surface area contributed by atoms with Crippen LogP contribution in [0.5, 0.6) is 0 Å². The van der Waals surface area contributed by atoms with Gasteiger partial charge >= 0.3 is 0 Å². The van der Waals surface area contributed by atoms with Gasteiger partial charge in [-0.2, -0.15) is 4.98 Å². The van der Waals surface area contributed by atoms with Gasteiger partial charge < -0.3 is 10.3 Å². The number of nitrogens with zero attached hydrogens (tertiary/aromatic N) is 2. The second-order valence-electron chi connectivity index (χ2n) is 4.83. The highest BCUT2D eigenvalue weighted by Crippen LogP contribution is 2.31. The number of hydrogen-bond acceptors (Lipinski definition) is 4. The summed E-state index contributed by atoms with van der Waals surface area (Å²) < 4.78 is 6.32. The predicted molar refractivity (Wildman–Crippen MR) is 76.6 cm³/mol. The van der Waals surface area contributed by atoms with Crippen molar-refractivity contribution in [1.82, 2.24) is 10.1 Å². The summed E-state index contributed by atoms with van der Waals surface area (Å²) in [5.74, 6) is 1.38. The number of benzene rings is 1. The number of halogens is 1. The standard InChI is InChI=1S/C14H14BrN3O/c1-8-2-5-11(12(15)6-8)13-17-14(19-18-13)9-3-4-10(16)7-9/h2-6,9-10H,7,16H2,1H3. The molecule has 0 saturated heterocycles. The lowest BCUT2D eigenvalue weighted by Gasteiger charge is -2.02. The molecular weight excluding hydrogens is 306 g/mol. The number of aryl methyl sites for hydroxylation is 1. The fourth-order valence-corrected chi connectivity index (χ4v) is 2.88. The molecule has 2 atom stereocenters. The number of nitrogens with two attached hydrogens (primary N) is 1. The number of rotatable bonds is 2. The minimum atomic E-state index is 0.0893. The summed E-state index contributed by atoms with van der Waals surface area (Å²) in [6.07, 6.45) is 4.85. The zero-order chi connectivity index (χ0) is 13.4. The monoisotopic (exact) mass is 319 g/mol. The summed E-state index contributed by atoms with van der Waals surface area (Å²) >= 11 is 3.53. The van der Waals surface area contributed by atoms with Crippen LogP contribution in [0.2, 0.25) is 0 Å². The predicted octanol–water partition coefficient (Wildman–Crippen LogP) is 3.18. The summed E-state index contributed by atoms with van der Waals surface area (Å²) in [7, 11) is 0. The first kappa shape index (κ1) is 12.6. The van der Waals surface area contributed by atoms with Crippen LogP contribution < -0.4 is 5.73 Å². The van der Waals surface area contributed by atoms with Crippen molar-refractivity contribution in [2.75, 3.05) is 0 Å². The van der Waals surface area contributed by atoms with Gasteiger partial charge in [0.05, 0.1) is 5.92 Å². The first-order valence-electron chi connectivity index (χ1n) is 6.17. The molecule has 2 unspecified atom stereocenters. The van der Waals surface area contributed by atoms with Crippen LogP contribution in [-0.4, -0.2) is 16.2 Å². The molecule has 1 aliphatic carbocycles. The lowest BCUT2D eigenvalue weighted by Crippen LogP contribution is -2.14. The van der Waals surface area contributed by atoms with Crippen LogP contribution in [0.4, 0.5) is 0 Å². The van der Waals surface area contributed by atoms with Crippen molar-refractivity contribution < 1.29 is 4.52 Å². The summed E-state index contributed by atoms with van der Waals surface area (Å²) in [4.78, 5) is 4.47. The van der Waals surface area contributed by atoms with E-state index in [-0.39, 0.29) is 12.0 Å². The summed E-state index contributed by atoms with van der Waals surface area (Å²) in [5, 5.41) is 4.06. The Balaban J connectivity index is 1.91. The van der Waals surface area contributed by atoms with Crippen LogP contribution in [0, 0.1) is 6.92 Å². The van der Waals surface area contributed by atoms with Gasteiger partial charge in [-0.1, -0.05) is 39.3 Å². The molecule has 2 N–H and O–H groups in total. The molecule has 19 heavy (non-hydrogen) atoms. The van der Waals surface area contributed by atoms with Crippen molar-refractivity contribution in [2.24, 2.45) is 5.73 Å². The van der Waals surface area contributed by atoms with Crippen molar-refractivity contribution in [3.05, 3.63) is 46.3 Å². The maximum absolute atomic E-state index is 5.84. The van der Waals surface area contributed by atoms with Crippen molar-refractivity contribution in [3.8, 4) is 11.4 Å². The van der Waals surface area contributed by atoms with Crippen LogP contribution in [0.3, 0.4) is 0 Å². The zero-order valence-electron chi connectivity index (χ0n) is 10.5. The second-order valence-corrected chi connectivity index (χ2v) is 5.68. The quantitative estimate of drug-likeness (QED) is 0.863. The first-order chi connectivity index (χ1) is 9.13. The third-order valence-electron chi connectivity index (χ3n) is 3.24. The number of hydrogen-bond donors (Lipinski definition) is 1. The molecule has 1 heterocycles. The van der Waals surface area contributed by atoms with Gasteiger partial charge in [0.1, 0.15) is 0 Å². The molecule has 5 heteroatoms. The summed E-state index contributed by atoms with van der Waals surface area (Å²) in [6, 6.07) is 6.15. The van der Waals surface area contributed by atoms with E-state index in [2.05, 4.69) is 26.1 Å². The Bertz CT molecular complexity index is 635. The number of allylic oxidation sites excluding steroid dienone is 1. The third-order valence-corrected chi connectivity index (χ3v) is 3.90. The fraction of sp³-hybridized carbons (Fsp3) is 0.286. The maximum atomic E-state index is 5.84. The summed E-state index contributed by atoms with van der Waals surface area (Å²) in [5.41, 5.74) is 7.96. The molecule has 0 radical (unpaired) electrons. The van der Waals surface area contributed by atoms with E-state index in [0.29, 0.717) is 11.7 Å². The molecule has 98 valence electrons. The van der Waals surface area contributed by atoms with E-state index in [1.165, 1.54) is 5.56 Å². The van der Waals surface area contributed by atoms with Crippen LogP contribution in [-0.2, 0) is 0 Å². The fourth-order valence-electron chi connectivity index (χ4n) is 2.21. The minimum Gasteiger partial charge on any atom is -0.338 e. The Kier molecular flexibility index (Phi) is 3.24. The van der Waals surface area contributed by atoms with Crippen LogP contribution in [0.25, 0.3) is 11.4 Å². The Labute approximate surface area is 119 Å². The van der Waals surface area contributed by atoms with Crippen LogP contribution in [0.1, 0.15) is 23.8 Å². The Hall–Kier alpha value is -1.46. The zero-order valence-corrected chi connectivity index (χ0v) is 12.1. The molecule has 1 aromatic carbocycles. The van der Waals surface area contributed by atoms with E-state index in [1.807, 2.05) is 37.3 Å². The van der Waals surface area contributed by atoms with Gasteiger partial charge in [0.25, 0.3) is 0 Å². The lowest BCUT2D eigenvalue weighted by atomic mass is 10.1. The molecule has 0 aliphatic heterocycles. The average Bonchev–Trinajstić information content (AvgIpc) is 2.97. The molecule has 1 aliphatic rings. The Morgan fingerprint density at radius 1 is 1.37 bits per heavy atom. The first-order valence-corrected chi connectivity index (χ1v) is 6.97. The van der Waals surface area contributed by atoms with Crippen molar-refractivity contribution in [1.29, 1.82) is 0 Å². The van der Waals surface area contributed by atoms with E-state index < -0.39 is 0 Å². The molecule has 0 bridgehead atoms. The van der Waals surface area contributed by atoms with Crippen LogP contribution >= 0.6 is 15.9 Å². The molecule has 0 amide bonds. The minimum absolute atomic E-state index is 0.0893. The van der Waals surface area contributed by atoms with Gasteiger partial charge in [0, 0.05) is 16.1 Å². The normalized spacial score (nSPS) is 22.1. The van der Waals surface area contributed by atoms with Gasteiger partial charge in [0.15, 0.2) is 0 Å². The van der Waals surface area contributed by atoms with E-state index in [9.17, 15) is 0 Å². The smallest absolute Gasteiger partial charge is 0.233 e. The Morgan fingerprint density at radius 2 is 2.21 bits per heavy atom. The van der Waals surface area contributed by atoms with Gasteiger partial charge in [-0.15, -0.1) is 0 Å². The average molecular weight is 320 g/mol. The van der Waals surface area contributed by atoms with E-state index in [0.717, 1.165) is 16.5 Å². The number of aromatic nitrogens is 2. The van der Waals surface area contributed by atoms with Gasteiger partial charge in [-0.05, 0) is 31.0 Å². The van der Waals surface area contributed by atoms with Crippen molar-refractivity contribution >= 4 is 15.9 Å². The molecule has 4 nitrogen and oxygen atoms in total. The molecule has 0 spiro atoms. The topological polar surface area (TPSA) is 64.9 Å². The van der Waals surface area contributed by atoms with E-state index >= 15 is 0 Å². The van der Waals surface area contributed by atoms with E-state index in [4.69, 9.17) is 10.3 Å². The highest BCUT2D eigenvalue weighted by atomic mass is 79.9. The molecule has 2 aromatic rings. The van der Waals surface area contributed by atoms with E-state index in [1.54, 1.807) is 0 Å². The van der Waals surface area contributed by atoms with Gasteiger partial charge in [-0.25, -0.2) is 0 Å². The maximum Gasteiger partial charge on any atom is 0.233 e. The highest BCUT2D eigenvalue weighted by Gasteiger charge is 2.23. The second kappa shape index (κ2) is 4.90. The highest BCUT2D eigenvalue weighted by molar-refractivity contribution is 9.10. The summed E-state index contributed by atoms with van der Waals surface area (Å²) in [6.45, 7) is 2.04. The van der Waals surface area contributed by atoms with Crippen molar-refractivity contribution in [3.63, 3.8) is 0 Å². The van der Waals surface area contributed by atoms with Crippen molar-refractivity contribution in [2.45, 2.75) is 25.3 Å². The SMILES string of the molecule is Cc1ccc(-c2noc(C3C=CC(N)C3)n2)c(Br)c1.